The normalized spacial score (nSPS) is 13.8. The van der Waals surface area contributed by atoms with E-state index in [1.165, 1.54) is 34.4 Å². The predicted molar refractivity (Wildman–Crippen MR) is 162 cm³/mol. The van der Waals surface area contributed by atoms with Crippen LogP contribution in [0.4, 0.5) is 10.7 Å². The number of esters is 1. The summed E-state index contributed by atoms with van der Waals surface area (Å²) < 4.78 is 10.5. The molecule has 2 aromatic carbocycles. The number of aryl methyl sites for hydroxylation is 1. The molecule has 0 fully saturated rings. The molecule has 2 amide bonds. The molecule has 0 bridgehead atoms. The van der Waals surface area contributed by atoms with Crippen molar-refractivity contribution in [1.29, 1.82) is 0 Å². The van der Waals surface area contributed by atoms with Crippen molar-refractivity contribution >= 4 is 51.6 Å². The average Bonchev–Trinajstić information content (AvgIpc) is 3.27. The summed E-state index contributed by atoms with van der Waals surface area (Å²) in [6.07, 6.45) is 6.79. The Hall–Kier alpha value is -3.30. The number of fused-ring (bicyclic) bond motifs is 1. The topological polar surface area (TPSA) is 93.7 Å². The molecule has 0 saturated heterocycles. The summed E-state index contributed by atoms with van der Waals surface area (Å²) in [5.74, 6) is -0.0620. The number of carbonyl (C=O) groups excluding carboxylic acids is 3. The summed E-state index contributed by atoms with van der Waals surface area (Å²) in [5, 5.41) is 6.21. The Bertz CT molecular complexity index is 1340. The Kier molecular flexibility index (Phi) is 10.7. The molecule has 0 saturated carbocycles. The number of hydrogen-bond acceptors (Lipinski definition) is 7. The maximum atomic E-state index is 13.5. The van der Waals surface area contributed by atoms with E-state index in [1.807, 2.05) is 31.2 Å². The van der Waals surface area contributed by atoms with E-state index < -0.39 is 0 Å². The standard InChI is InChI=1S/C31H36N2O5S2/c1-4-25(39-23-12-10-11-21(19-23)32-28(34)20-15-17-22(37-3)18-16-20)29(35)33-30-27(31(36)38-5-2)24-13-8-6-7-9-14-26(24)40-30/h10-12,15-19,25H,4-9,13-14H2,1-3H3,(H,32,34)(H,33,35). The third-order valence-electron chi connectivity index (χ3n) is 6.77. The van der Waals surface area contributed by atoms with E-state index in [9.17, 15) is 14.4 Å². The highest BCUT2D eigenvalue weighted by Crippen LogP contribution is 2.38. The fourth-order valence-corrected chi connectivity index (χ4v) is 6.99. The Balaban J connectivity index is 1.48. The fourth-order valence-electron chi connectivity index (χ4n) is 4.70. The van der Waals surface area contributed by atoms with Gasteiger partial charge in [0.1, 0.15) is 10.8 Å². The molecule has 212 valence electrons. The molecule has 9 heteroatoms. The van der Waals surface area contributed by atoms with E-state index in [1.54, 1.807) is 38.3 Å². The Labute approximate surface area is 244 Å². The van der Waals surface area contributed by atoms with Crippen LogP contribution in [0, 0.1) is 0 Å². The third kappa shape index (κ3) is 7.46. The zero-order valence-corrected chi connectivity index (χ0v) is 24.8. The molecule has 0 radical (unpaired) electrons. The number of hydrogen-bond donors (Lipinski definition) is 2. The number of methoxy groups -OCH3 is 1. The molecule has 0 aliphatic heterocycles. The molecule has 1 aliphatic rings. The number of anilines is 2. The van der Waals surface area contributed by atoms with Gasteiger partial charge in [0, 0.05) is 21.0 Å². The molecule has 1 aliphatic carbocycles. The summed E-state index contributed by atoms with van der Waals surface area (Å²) in [5.41, 5.74) is 2.73. The number of amides is 2. The second-order valence-corrected chi connectivity index (χ2v) is 11.9. The van der Waals surface area contributed by atoms with Crippen LogP contribution >= 0.6 is 23.1 Å². The van der Waals surface area contributed by atoms with Gasteiger partial charge in [0.05, 0.1) is 24.5 Å². The molecule has 1 atom stereocenters. The minimum absolute atomic E-state index is 0.153. The van der Waals surface area contributed by atoms with Gasteiger partial charge in [-0.05, 0) is 87.1 Å². The van der Waals surface area contributed by atoms with Gasteiger partial charge in [0.25, 0.3) is 5.91 Å². The van der Waals surface area contributed by atoms with Gasteiger partial charge in [-0.15, -0.1) is 23.1 Å². The predicted octanol–water partition coefficient (Wildman–Crippen LogP) is 7.35. The van der Waals surface area contributed by atoms with Crippen molar-refractivity contribution in [3.63, 3.8) is 0 Å². The first-order valence-corrected chi connectivity index (χ1v) is 15.5. The summed E-state index contributed by atoms with van der Waals surface area (Å²) in [6.45, 7) is 4.05. The Morgan fingerprint density at radius 3 is 2.42 bits per heavy atom. The number of ether oxygens (including phenoxy) is 2. The smallest absolute Gasteiger partial charge is 0.341 e. The minimum Gasteiger partial charge on any atom is -0.497 e. The van der Waals surface area contributed by atoms with Gasteiger partial charge in [-0.3, -0.25) is 9.59 Å². The summed E-state index contributed by atoms with van der Waals surface area (Å²) >= 11 is 2.95. The second-order valence-electron chi connectivity index (χ2n) is 9.56. The van der Waals surface area contributed by atoms with Crippen LogP contribution in [-0.2, 0) is 22.4 Å². The molecule has 0 spiro atoms. The highest BCUT2D eigenvalue weighted by molar-refractivity contribution is 8.00. The van der Waals surface area contributed by atoms with Gasteiger partial charge in [0.15, 0.2) is 0 Å². The molecule has 4 rings (SSSR count). The van der Waals surface area contributed by atoms with E-state index in [0.29, 0.717) is 34.0 Å². The van der Waals surface area contributed by atoms with E-state index in [4.69, 9.17) is 9.47 Å². The van der Waals surface area contributed by atoms with Crippen molar-refractivity contribution in [3.05, 3.63) is 70.1 Å². The molecule has 1 aromatic heterocycles. The minimum atomic E-state index is -0.382. The second kappa shape index (κ2) is 14.4. The third-order valence-corrected chi connectivity index (χ3v) is 9.34. The van der Waals surface area contributed by atoms with E-state index in [-0.39, 0.29) is 29.6 Å². The van der Waals surface area contributed by atoms with Crippen LogP contribution in [0.25, 0.3) is 0 Å². The van der Waals surface area contributed by atoms with Crippen LogP contribution in [0.1, 0.15) is 77.1 Å². The first-order chi connectivity index (χ1) is 19.4. The van der Waals surface area contributed by atoms with Gasteiger partial charge >= 0.3 is 5.97 Å². The monoisotopic (exact) mass is 580 g/mol. The number of rotatable bonds is 10. The molecular formula is C31H36N2O5S2. The van der Waals surface area contributed by atoms with Crippen molar-refractivity contribution in [2.75, 3.05) is 24.4 Å². The van der Waals surface area contributed by atoms with Crippen LogP contribution in [-0.4, -0.2) is 36.8 Å². The molecule has 7 nitrogen and oxygen atoms in total. The van der Waals surface area contributed by atoms with Crippen molar-refractivity contribution in [2.24, 2.45) is 0 Å². The number of thiophene rings is 1. The van der Waals surface area contributed by atoms with Gasteiger partial charge in [0.2, 0.25) is 5.91 Å². The number of benzene rings is 2. The van der Waals surface area contributed by atoms with Gasteiger partial charge in [-0.2, -0.15) is 0 Å². The SMILES string of the molecule is CCOC(=O)c1c(NC(=O)C(CC)Sc2cccc(NC(=O)c3ccc(OC)cc3)c2)sc2c1CCCCCC2. The van der Waals surface area contributed by atoms with E-state index in [2.05, 4.69) is 10.6 Å². The summed E-state index contributed by atoms with van der Waals surface area (Å²) in [6, 6.07) is 14.4. The van der Waals surface area contributed by atoms with Crippen LogP contribution in [0.2, 0.25) is 0 Å². The van der Waals surface area contributed by atoms with Crippen LogP contribution in [0.3, 0.4) is 0 Å². The molecule has 1 unspecified atom stereocenters. The molecular weight excluding hydrogens is 544 g/mol. The molecule has 1 heterocycles. The van der Waals surface area contributed by atoms with Crippen LogP contribution in [0.15, 0.2) is 53.4 Å². The van der Waals surface area contributed by atoms with Crippen molar-refractivity contribution in [2.45, 2.75) is 68.9 Å². The lowest BCUT2D eigenvalue weighted by Crippen LogP contribution is -2.25. The lowest BCUT2D eigenvalue weighted by molar-refractivity contribution is -0.115. The fraction of sp³-hybridized carbons (Fsp3) is 0.387. The Morgan fingerprint density at radius 1 is 0.975 bits per heavy atom. The zero-order valence-electron chi connectivity index (χ0n) is 23.2. The van der Waals surface area contributed by atoms with Gasteiger partial charge < -0.3 is 20.1 Å². The average molecular weight is 581 g/mol. The highest BCUT2D eigenvalue weighted by Gasteiger charge is 2.28. The van der Waals surface area contributed by atoms with E-state index in [0.717, 1.165) is 42.6 Å². The Morgan fingerprint density at radius 2 is 1.73 bits per heavy atom. The van der Waals surface area contributed by atoms with Crippen LogP contribution in [0.5, 0.6) is 5.75 Å². The first kappa shape index (κ1) is 29.7. The number of carbonyl (C=O) groups is 3. The lowest BCUT2D eigenvalue weighted by Gasteiger charge is -2.16. The van der Waals surface area contributed by atoms with E-state index >= 15 is 0 Å². The van der Waals surface area contributed by atoms with Crippen molar-refractivity contribution in [3.8, 4) is 5.75 Å². The van der Waals surface area contributed by atoms with Gasteiger partial charge in [-0.1, -0.05) is 25.8 Å². The largest absolute Gasteiger partial charge is 0.497 e. The maximum absolute atomic E-state index is 13.5. The zero-order chi connectivity index (χ0) is 28.5. The lowest BCUT2D eigenvalue weighted by atomic mass is 9.96. The van der Waals surface area contributed by atoms with Crippen molar-refractivity contribution < 1.29 is 23.9 Å². The molecule has 2 N–H and O–H groups in total. The molecule has 3 aromatic rings. The van der Waals surface area contributed by atoms with Crippen molar-refractivity contribution in [1.82, 2.24) is 0 Å². The van der Waals surface area contributed by atoms with Crippen LogP contribution < -0.4 is 15.4 Å². The maximum Gasteiger partial charge on any atom is 0.341 e. The number of thioether (sulfide) groups is 1. The number of nitrogens with one attached hydrogen (secondary N) is 2. The molecule has 40 heavy (non-hydrogen) atoms. The summed E-state index contributed by atoms with van der Waals surface area (Å²) in [7, 11) is 1.58. The first-order valence-electron chi connectivity index (χ1n) is 13.8. The quantitative estimate of drug-likeness (QED) is 0.192. The van der Waals surface area contributed by atoms with Gasteiger partial charge in [-0.25, -0.2) is 4.79 Å². The highest BCUT2D eigenvalue weighted by atomic mass is 32.2. The summed E-state index contributed by atoms with van der Waals surface area (Å²) in [4.78, 5) is 41.2.